The molecule has 0 bridgehead atoms. The molecule has 7 N–H and O–H groups in total. The van der Waals surface area contributed by atoms with Crippen LogP contribution in [0.3, 0.4) is 0 Å². The molecular formula is C29H36N6O4S2. The second-order valence-corrected chi connectivity index (χ2v) is 11.4. The first-order valence-corrected chi connectivity index (χ1v) is 14.7. The minimum atomic E-state index is -0.284. The summed E-state index contributed by atoms with van der Waals surface area (Å²) in [6, 6.07) is 18.5. The van der Waals surface area contributed by atoms with Gasteiger partial charge in [-0.25, -0.2) is 4.98 Å². The number of carbonyl (C=O) groups excluding carboxylic acids is 1. The normalized spacial score (nSPS) is 13.7. The molecule has 12 heteroatoms. The molecule has 1 amide bonds. The molecule has 1 aliphatic heterocycles. The fraction of sp³-hybridized carbons (Fsp3) is 0.276. The van der Waals surface area contributed by atoms with Gasteiger partial charge in [-0.3, -0.25) is 9.52 Å². The fourth-order valence-corrected chi connectivity index (χ4v) is 5.89. The zero-order chi connectivity index (χ0) is 27.2. The molecule has 4 aromatic rings. The Bertz CT molecular complexity index is 1440. The summed E-state index contributed by atoms with van der Waals surface area (Å²) in [6.07, 6.45) is 3.57. The Kier molecular flexibility index (Phi) is 11.6. The highest BCUT2D eigenvalue weighted by atomic mass is 32.2. The fourth-order valence-electron chi connectivity index (χ4n) is 4.32. The molecule has 0 spiro atoms. The third-order valence-electron chi connectivity index (χ3n) is 6.49. The zero-order valence-electron chi connectivity index (χ0n) is 23.0. The van der Waals surface area contributed by atoms with Gasteiger partial charge in [0.1, 0.15) is 10.4 Å². The van der Waals surface area contributed by atoms with Crippen LogP contribution in [0.15, 0.2) is 77.5 Å². The summed E-state index contributed by atoms with van der Waals surface area (Å²) in [7, 11) is 0. The molecule has 1 saturated heterocycles. The number of anilines is 3. The largest absolute Gasteiger partial charge is 0.437 e. The highest BCUT2D eigenvalue weighted by Gasteiger charge is 2.20. The minimum Gasteiger partial charge on any atom is -0.437 e. The summed E-state index contributed by atoms with van der Waals surface area (Å²) in [5.41, 5.74) is 2.29. The van der Waals surface area contributed by atoms with Gasteiger partial charge in [0, 0.05) is 34.4 Å². The minimum absolute atomic E-state index is 0. The van der Waals surface area contributed by atoms with Gasteiger partial charge in [-0.15, -0.1) is 11.3 Å². The molecule has 41 heavy (non-hydrogen) atoms. The van der Waals surface area contributed by atoms with E-state index in [-0.39, 0.29) is 16.9 Å². The molecular weight excluding hydrogens is 560 g/mol. The number of rotatable bonds is 10. The summed E-state index contributed by atoms with van der Waals surface area (Å²) in [5.74, 6) is 1.17. The van der Waals surface area contributed by atoms with Gasteiger partial charge in [0.05, 0.1) is 5.52 Å². The number of hydrogen-bond acceptors (Lipinski definition) is 9. The van der Waals surface area contributed by atoms with Crippen molar-refractivity contribution in [1.82, 2.24) is 19.6 Å². The van der Waals surface area contributed by atoms with Crippen LogP contribution in [-0.4, -0.2) is 56.9 Å². The number of carbonyl (C=O) groups is 1. The number of fused-ring (bicyclic) bond motifs is 1. The summed E-state index contributed by atoms with van der Waals surface area (Å²) in [5, 5.41) is 8.01. The highest BCUT2D eigenvalue weighted by molar-refractivity contribution is 7.97. The predicted molar refractivity (Wildman–Crippen MR) is 168 cm³/mol. The second kappa shape index (κ2) is 14.9. The lowest BCUT2D eigenvalue weighted by Crippen LogP contribution is -2.43. The lowest BCUT2D eigenvalue weighted by molar-refractivity contribution is -0.111. The van der Waals surface area contributed by atoms with Crippen molar-refractivity contribution in [3.8, 4) is 11.6 Å². The van der Waals surface area contributed by atoms with E-state index in [2.05, 4.69) is 62.8 Å². The molecule has 218 valence electrons. The Hall–Kier alpha value is -3.52. The Morgan fingerprint density at radius 2 is 1.85 bits per heavy atom. The van der Waals surface area contributed by atoms with Gasteiger partial charge in [0.15, 0.2) is 0 Å². The van der Waals surface area contributed by atoms with Crippen LogP contribution in [0.4, 0.5) is 17.3 Å². The lowest BCUT2D eigenvalue weighted by atomic mass is 10.1. The van der Waals surface area contributed by atoms with Crippen molar-refractivity contribution in [3.63, 3.8) is 0 Å². The number of likely N-dealkylation sites (tertiary alicyclic amines) is 1. The number of hydrogen-bond donors (Lipinski definition) is 3. The predicted octanol–water partition coefficient (Wildman–Crippen LogP) is 5.17. The van der Waals surface area contributed by atoms with Gasteiger partial charge in [-0.05, 0) is 106 Å². The van der Waals surface area contributed by atoms with Crippen LogP contribution >= 0.6 is 23.3 Å². The monoisotopic (exact) mass is 596 g/mol. The van der Waals surface area contributed by atoms with Crippen LogP contribution in [0.2, 0.25) is 0 Å². The maximum absolute atomic E-state index is 11.7. The highest BCUT2D eigenvalue weighted by Crippen LogP contribution is 2.34. The number of amides is 1. The van der Waals surface area contributed by atoms with Crippen molar-refractivity contribution in [2.75, 3.05) is 23.7 Å². The van der Waals surface area contributed by atoms with Crippen LogP contribution in [-0.2, 0) is 4.79 Å². The maximum Gasteiger partial charge on any atom is 0.247 e. The van der Waals surface area contributed by atoms with Gasteiger partial charge in [0.2, 0.25) is 17.7 Å². The number of piperidine rings is 1. The van der Waals surface area contributed by atoms with E-state index in [9.17, 15) is 4.79 Å². The van der Waals surface area contributed by atoms with Crippen LogP contribution in [0.1, 0.15) is 26.7 Å². The van der Waals surface area contributed by atoms with E-state index in [1.54, 1.807) is 24.1 Å². The van der Waals surface area contributed by atoms with E-state index in [4.69, 9.17) is 4.74 Å². The molecule has 0 aliphatic carbocycles. The van der Waals surface area contributed by atoms with Crippen LogP contribution in [0, 0.1) is 0 Å². The number of ether oxygens (including phenoxy) is 1. The van der Waals surface area contributed by atoms with Crippen LogP contribution in [0.5, 0.6) is 11.6 Å². The molecule has 0 unspecified atom stereocenters. The summed E-state index contributed by atoms with van der Waals surface area (Å²) in [6.45, 7) is 10.3. The molecule has 0 atom stereocenters. The number of benzene rings is 2. The van der Waals surface area contributed by atoms with Gasteiger partial charge in [-0.1, -0.05) is 12.6 Å². The van der Waals surface area contributed by atoms with E-state index in [0.717, 1.165) is 33.9 Å². The van der Waals surface area contributed by atoms with E-state index >= 15 is 0 Å². The van der Waals surface area contributed by atoms with Crippen molar-refractivity contribution in [1.29, 1.82) is 0 Å². The average Bonchev–Trinajstić information content (AvgIpc) is 3.42. The first-order valence-electron chi connectivity index (χ1n) is 13.0. The van der Waals surface area contributed by atoms with Gasteiger partial charge < -0.3 is 31.2 Å². The standard InChI is InChI=1S/C29H32N6O2S2.2H2O/c1-4-26(36)30-22-6-5-7-23(18-22)37-28-27-25(14-17-38-27)32-29(33-28)31-20-8-10-24(11-9-20)39-34-21-12-15-35(16-13-21)19(2)3;;/h4-11,14,17-19,21,34H,1,12-13,15-16H2,2-3H3,(H,30,36)(H,31,32,33);2*1H2. The average molecular weight is 597 g/mol. The van der Waals surface area contributed by atoms with E-state index in [1.807, 2.05) is 35.7 Å². The first-order chi connectivity index (χ1) is 19.0. The van der Waals surface area contributed by atoms with Crippen molar-refractivity contribution in [2.45, 2.75) is 43.7 Å². The van der Waals surface area contributed by atoms with E-state index in [1.165, 1.54) is 30.3 Å². The third-order valence-corrected chi connectivity index (χ3v) is 8.34. The molecule has 1 fully saturated rings. The first kappa shape index (κ1) is 32.0. The van der Waals surface area contributed by atoms with Crippen LogP contribution in [0.25, 0.3) is 10.2 Å². The molecule has 3 heterocycles. The van der Waals surface area contributed by atoms with Crippen molar-refractivity contribution in [2.24, 2.45) is 0 Å². The Morgan fingerprint density at radius 3 is 2.56 bits per heavy atom. The SMILES string of the molecule is C=CC(=O)Nc1cccc(Oc2nc(Nc3ccc(SNC4CCN(C(C)C)CC4)cc3)nc3ccsc23)c1.O.O. The number of nitrogens with zero attached hydrogens (tertiary/aromatic N) is 3. The number of nitrogens with one attached hydrogen (secondary N) is 3. The molecule has 0 saturated carbocycles. The van der Waals surface area contributed by atoms with Crippen molar-refractivity contribution >= 4 is 56.7 Å². The topological polar surface area (TPSA) is 154 Å². The van der Waals surface area contributed by atoms with E-state index < -0.39 is 0 Å². The summed E-state index contributed by atoms with van der Waals surface area (Å²) < 4.78 is 10.6. The summed E-state index contributed by atoms with van der Waals surface area (Å²) >= 11 is 3.20. The molecule has 2 aromatic carbocycles. The smallest absolute Gasteiger partial charge is 0.247 e. The van der Waals surface area contributed by atoms with Crippen molar-refractivity contribution < 1.29 is 20.5 Å². The molecule has 2 aromatic heterocycles. The van der Waals surface area contributed by atoms with Crippen LogP contribution < -0.4 is 20.1 Å². The third kappa shape index (κ3) is 8.49. The van der Waals surface area contributed by atoms with Gasteiger partial charge in [0.25, 0.3) is 0 Å². The quantitative estimate of drug-likeness (QED) is 0.167. The number of aromatic nitrogens is 2. The maximum atomic E-state index is 11.7. The lowest BCUT2D eigenvalue weighted by Gasteiger charge is -2.34. The van der Waals surface area contributed by atoms with Gasteiger partial charge >= 0.3 is 0 Å². The Labute approximate surface area is 248 Å². The molecule has 0 radical (unpaired) electrons. The molecule has 5 rings (SSSR count). The Morgan fingerprint density at radius 1 is 1.10 bits per heavy atom. The molecule has 10 nitrogen and oxygen atoms in total. The number of thiophene rings is 1. The zero-order valence-corrected chi connectivity index (χ0v) is 24.6. The van der Waals surface area contributed by atoms with Gasteiger partial charge in [-0.2, -0.15) is 4.98 Å². The summed E-state index contributed by atoms with van der Waals surface area (Å²) in [4.78, 5) is 24.7. The molecule has 1 aliphatic rings. The second-order valence-electron chi connectivity index (χ2n) is 9.58. The van der Waals surface area contributed by atoms with E-state index in [0.29, 0.717) is 35.3 Å². The van der Waals surface area contributed by atoms with Crippen molar-refractivity contribution in [3.05, 3.63) is 72.6 Å². The Balaban J connectivity index is 0.00000231.